The zero-order valence-corrected chi connectivity index (χ0v) is 15.9. The first-order valence-corrected chi connectivity index (χ1v) is 9.65. The smallest absolute Gasteiger partial charge is 0.308 e. The SMILES string of the molecule is CN1CC[C@H](CCC#Cc2ccccc2Cc2ccccc2)[C@@H](C(=O)O)C1. The monoisotopic (exact) mass is 361 g/mol. The van der Waals surface area contributed by atoms with Crippen LogP contribution in [0.1, 0.15) is 36.0 Å². The minimum atomic E-state index is -0.673. The maximum atomic E-state index is 11.5. The second-order valence-electron chi connectivity index (χ2n) is 7.42. The summed E-state index contributed by atoms with van der Waals surface area (Å²) in [5.41, 5.74) is 3.58. The largest absolute Gasteiger partial charge is 0.481 e. The molecule has 0 spiro atoms. The number of aliphatic carboxylic acids is 1. The van der Waals surface area contributed by atoms with Crippen molar-refractivity contribution in [1.29, 1.82) is 0 Å². The van der Waals surface area contributed by atoms with Crippen LogP contribution in [0.15, 0.2) is 54.6 Å². The van der Waals surface area contributed by atoms with E-state index in [-0.39, 0.29) is 11.8 Å². The normalized spacial score (nSPS) is 19.9. The number of carboxylic acid groups (broad SMARTS) is 1. The molecule has 0 unspecified atom stereocenters. The quantitative estimate of drug-likeness (QED) is 0.817. The molecule has 2 aromatic carbocycles. The summed E-state index contributed by atoms with van der Waals surface area (Å²) in [5, 5.41) is 9.47. The fourth-order valence-corrected chi connectivity index (χ4v) is 3.82. The summed E-state index contributed by atoms with van der Waals surface area (Å²) in [6.45, 7) is 1.62. The minimum Gasteiger partial charge on any atom is -0.481 e. The second-order valence-corrected chi connectivity index (χ2v) is 7.42. The number of rotatable bonds is 5. The van der Waals surface area contributed by atoms with Crippen LogP contribution in [-0.4, -0.2) is 36.1 Å². The van der Waals surface area contributed by atoms with E-state index in [2.05, 4.69) is 59.2 Å². The lowest BCUT2D eigenvalue weighted by Crippen LogP contribution is -2.41. The molecule has 3 heteroatoms. The zero-order chi connectivity index (χ0) is 19.1. The second kappa shape index (κ2) is 9.39. The average Bonchev–Trinajstić information content (AvgIpc) is 2.68. The lowest BCUT2D eigenvalue weighted by Gasteiger charge is -2.34. The van der Waals surface area contributed by atoms with Crippen molar-refractivity contribution in [1.82, 2.24) is 4.90 Å². The Bertz CT molecular complexity index is 819. The molecule has 0 amide bonds. The lowest BCUT2D eigenvalue weighted by molar-refractivity contribution is -0.145. The van der Waals surface area contributed by atoms with Gasteiger partial charge in [0.15, 0.2) is 0 Å². The van der Waals surface area contributed by atoms with E-state index in [1.807, 2.05) is 19.2 Å². The highest BCUT2D eigenvalue weighted by Crippen LogP contribution is 2.27. The van der Waals surface area contributed by atoms with Gasteiger partial charge in [0.25, 0.3) is 0 Å². The number of carboxylic acids is 1. The maximum Gasteiger partial charge on any atom is 0.308 e. The van der Waals surface area contributed by atoms with Crippen molar-refractivity contribution in [3.05, 3.63) is 71.3 Å². The van der Waals surface area contributed by atoms with Gasteiger partial charge in [0.2, 0.25) is 0 Å². The minimum absolute atomic E-state index is 0.229. The first-order chi connectivity index (χ1) is 13.1. The summed E-state index contributed by atoms with van der Waals surface area (Å²) in [4.78, 5) is 13.6. The number of likely N-dealkylation sites (tertiary alicyclic amines) is 1. The third kappa shape index (κ3) is 5.45. The predicted molar refractivity (Wildman–Crippen MR) is 109 cm³/mol. The highest BCUT2D eigenvalue weighted by atomic mass is 16.4. The van der Waals surface area contributed by atoms with Crippen LogP contribution in [0.4, 0.5) is 0 Å². The van der Waals surface area contributed by atoms with Crippen LogP contribution in [0, 0.1) is 23.7 Å². The maximum absolute atomic E-state index is 11.5. The van der Waals surface area contributed by atoms with Crippen LogP contribution in [0.5, 0.6) is 0 Å². The summed E-state index contributed by atoms with van der Waals surface area (Å²) < 4.78 is 0. The lowest BCUT2D eigenvalue weighted by atomic mass is 9.82. The Morgan fingerprint density at radius 3 is 2.67 bits per heavy atom. The van der Waals surface area contributed by atoms with Crippen molar-refractivity contribution in [2.45, 2.75) is 25.7 Å². The predicted octanol–water partition coefficient (Wildman–Crippen LogP) is 4.06. The molecule has 2 atom stereocenters. The molecular weight excluding hydrogens is 334 g/mol. The van der Waals surface area contributed by atoms with Crippen LogP contribution < -0.4 is 0 Å². The number of piperidine rings is 1. The van der Waals surface area contributed by atoms with Crippen LogP contribution in [-0.2, 0) is 11.2 Å². The molecule has 140 valence electrons. The summed E-state index contributed by atoms with van der Waals surface area (Å²) >= 11 is 0. The van der Waals surface area contributed by atoms with E-state index in [9.17, 15) is 9.90 Å². The molecule has 1 saturated heterocycles. The fraction of sp³-hybridized carbons (Fsp3) is 0.375. The summed E-state index contributed by atoms with van der Waals surface area (Å²) in [7, 11) is 2.00. The van der Waals surface area contributed by atoms with E-state index in [1.54, 1.807) is 0 Å². The van der Waals surface area contributed by atoms with Gasteiger partial charge in [0, 0.05) is 18.5 Å². The van der Waals surface area contributed by atoms with Crippen molar-refractivity contribution in [2.75, 3.05) is 20.1 Å². The first kappa shape index (κ1) is 19.2. The molecule has 0 radical (unpaired) electrons. The molecule has 1 N–H and O–H groups in total. The number of benzene rings is 2. The van der Waals surface area contributed by atoms with E-state index in [1.165, 1.54) is 11.1 Å². The summed E-state index contributed by atoms with van der Waals surface area (Å²) in [5.74, 6) is 5.90. The molecule has 27 heavy (non-hydrogen) atoms. The van der Waals surface area contributed by atoms with Gasteiger partial charge in [-0.25, -0.2) is 0 Å². The molecule has 0 saturated carbocycles. The van der Waals surface area contributed by atoms with Gasteiger partial charge in [0.1, 0.15) is 0 Å². The molecule has 0 aromatic heterocycles. The van der Waals surface area contributed by atoms with Gasteiger partial charge >= 0.3 is 5.97 Å². The van der Waals surface area contributed by atoms with Crippen LogP contribution in [0.2, 0.25) is 0 Å². The average molecular weight is 361 g/mol. The van der Waals surface area contributed by atoms with Gasteiger partial charge < -0.3 is 10.0 Å². The number of nitrogens with zero attached hydrogens (tertiary/aromatic N) is 1. The summed E-state index contributed by atoms with van der Waals surface area (Å²) in [6.07, 6.45) is 3.43. The molecule has 3 nitrogen and oxygen atoms in total. The molecule has 0 aliphatic carbocycles. The molecule has 3 rings (SSSR count). The highest BCUT2D eigenvalue weighted by molar-refractivity contribution is 5.70. The molecule has 1 heterocycles. The van der Waals surface area contributed by atoms with E-state index in [4.69, 9.17) is 0 Å². The van der Waals surface area contributed by atoms with Crippen molar-refractivity contribution >= 4 is 5.97 Å². The Morgan fingerprint density at radius 1 is 1.15 bits per heavy atom. The Kier molecular flexibility index (Phi) is 6.68. The third-order valence-electron chi connectivity index (χ3n) is 5.39. The molecule has 1 aliphatic heterocycles. The summed E-state index contributed by atoms with van der Waals surface area (Å²) in [6, 6.07) is 18.7. The third-order valence-corrected chi connectivity index (χ3v) is 5.39. The molecule has 1 fully saturated rings. The van der Waals surface area contributed by atoms with Crippen LogP contribution in [0.3, 0.4) is 0 Å². The Morgan fingerprint density at radius 2 is 1.89 bits per heavy atom. The number of hydrogen-bond acceptors (Lipinski definition) is 2. The molecule has 0 bridgehead atoms. The van der Waals surface area contributed by atoms with Crippen molar-refractivity contribution in [3.63, 3.8) is 0 Å². The van der Waals surface area contributed by atoms with Gasteiger partial charge in [-0.3, -0.25) is 4.79 Å². The zero-order valence-electron chi connectivity index (χ0n) is 15.9. The van der Waals surface area contributed by atoms with E-state index in [0.29, 0.717) is 6.54 Å². The van der Waals surface area contributed by atoms with E-state index >= 15 is 0 Å². The Hall–Kier alpha value is -2.57. The molecule has 1 aliphatic rings. The number of hydrogen-bond donors (Lipinski definition) is 1. The van der Waals surface area contributed by atoms with Crippen molar-refractivity contribution < 1.29 is 9.90 Å². The standard InChI is InChI=1S/C24H27NO2/c1-25-16-15-21(23(18-25)24(26)27)13-7-5-11-20-12-6-8-14-22(20)17-19-9-3-2-4-10-19/h2-4,6,8-10,12,14,21,23H,7,13,15-18H2,1H3,(H,26,27)/t21-,23-/m0/s1. The molecule has 2 aromatic rings. The van der Waals surface area contributed by atoms with Gasteiger partial charge in [-0.15, -0.1) is 0 Å². The molecular formula is C24H27NO2. The van der Waals surface area contributed by atoms with Gasteiger partial charge in [-0.2, -0.15) is 0 Å². The van der Waals surface area contributed by atoms with Gasteiger partial charge in [-0.05, 0) is 56.0 Å². The van der Waals surface area contributed by atoms with Crippen molar-refractivity contribution in [2.24, 2.45) is 11.8 Å². The fourth-order valence-electron chi connectivity index (χ4n) is 3.82. The van der Waals surface area contributed by atoms with Crippen molar-refractivity contribution in [3.8, 4) is 11.8 Å². The Balaban J connectivity index is 1.62. The van der Waals surface area contributed by atoms with Gasteiger partial charge in [0.05, 0.1) is 5.92 Å². The van der Waals surface area contributed by atoms with E-state index in [0.717, 1.165) is 37.8 Å². The van der Waals surface area contributed by atoms with E-state index < -0.39 is 5.97 Å². The number of carbonyl (C=O) groups is 1. The topological polar surface area (TPSA) is 40.5 Å². The Labute approximate surface area is 162 Å². The van der Waals surface area contributed by atoms with Crippen LogP contribution in [0.25, 0.3) is 0 Å². The van der Waals surface area contributed by atoms with Gasteiger partial charge in [-0.1, -0.05) is 60.4 Å². The van der Waals surface area contributed by atoms with Crippen LogP contribution >= 0.6 is 0 Å². The first-order valence-electron chi connectivity index (χ1n) is 9.65. The highest BCUT2D eigenvalue weighted by Gasteiger charge is 2.32.